The molecule has 0 aliphatic heterocycles. The van der Waals surface area contributed by atoms with Crippen LogP contribution in [0.5, 0.6) is 0 Å². The smallest absolute Gasteiger partial charge is 0.282 e. The molecule has 0 N–H and O–H groups in total. The van der Waals surface area contributed by atoms with E-state index in [9.17, 15) is 14.7 Å². The van der Waals surface area contributed by atoms with Gasteiger partial charge in [0.15, 0.2) is 5.13 Å². The molecule has 23 heavy (non-hydrogen) atoms. The summed E-state index contributed by atoms with van der Waals surface area (Å²) >= 11 is 1.32. The van der Waals surface area contributed by atoms with Crippen LogP contribution in [0.4, 0.5) is 10.8 Å². The second-order valence-electron chi connectivity index (χ2n) is 4.93. The van der Waals surface area contributed by atoms with E-state index >= 15 is 0 Å². The van der Waals surface area contributed by atoms with E-state index in [0.29, 0.717) is 20.9 Å². The minimum Gasteiger partial charge on any atom is -0.550 e. The Labute approximate surface area is 135 Å². The predicted octanol–water partition coefficient (Wildman–Crippen LogP) is 1.11. The van der Waals surface area contributed by atoms with E-state index in [2.05, 4.69) is 9.97 Å². The van der Waals surface area contributed by atoms with Crippen LogP contribution in [-0.4, -0.2) is 23.0 Å². The Morgan fingerprint density at radius 3 is 2.70 bits per heavy atom. The van der Waals surface area contributed by atoms with Crippen molar-refractivity contribution in [2.75, 3.05) is 11.9 Å². The number of rotatable bonds is 4. The first-order valence-electron chi connectivity index (χ1n) is 6.83. The Morgan fingerprint density at radius 1 is 1.26 bits per heavy atom. The molecular formula is C16H12N3O3S-. The Bertz CT molecular complexity index is 922. The molecule has 3 aromatic rings. The van der Waals surface area contributed by atoms with Crippen molar-refractivity contribution in [3.8, 4) is 0 Å². The van der Waals surface area contributed by atoms with Crippen LogP contribution in [0.3, 0.4) is 0 Å². The molecule has 0 radical (unpaired) electrons. The average molecular weight is 326 g/mol. The van der Waals surface area contributed by atoms with E-state index in [4.69, 9.17) is 0 Å². The highest BCUT2D eigenvalue weighted by Crippen LogP contribution is 2.27. The van der Waals surface area contributed by atoms with Gasteiger partial charge in [-0.1, -0.05) is 23.5 Å². The summed E-state index contributed by atoms with van der Waals surface area (Å²) in [6.07, 6.45) is 1.51. The molecule has 0 aliphatic carbocycles. The van der Waals surface area contributed by atoms with Crippen molar-refractivity contribution in [2.24, 2.45) is 0 Å². The molecular weight excluding hydrogens is 314 g/mol. The molecule has 0 saturated heterocycles. The lowest BCUT2D eigenvalue weighted by Crippen LogP contribution is -2.24. The zero-order valence-electron chi connectivity index (χ0n) is 12.2. The maximum absolute atomic E-state index is 12.1. The molecule has 6 nitrogen and oxygen atoms in total. The molecule has 0 atom stereocenters. The molecule has 0 fully saturated rings. The fourth-order valence-corrected chi connectivity index (χ4v) is 3.07. The van der Waals surface area contributed by atoms with Crippen LogP contribution in [0.1, 0.15) is 5.56 Å². The van der Waals surface area contributed by atoms with Crippen molar-refractivity contribution < 1.29 is 9.90 Å². The molecule has 0 aliphatic rings. The summed E-state index contributed by atoms with van der Waals surface area (Å²) in [6.45, 7) is 0. The molecule has 0 unspecified atom stereocenters. The molecule has 7 heteroatoms. The van der Waals surface area contributed by atoms with E-state index in [1.807, 2.05) is 0 Å². The highest BCUT2D eigenvalue weighted by molar-refractivity contribution is 7.21. The molecule has 3 rings (SSSR count). The van der Waals surface area contributed by atoms with Gasteiger partial charge in [0.1, 0.15) is 4.83 Å². The number of carboxylic acids is 1. The van der Waals surface area contributed by atoms with E-state index < -0.39 is 5.97 Å². The molecule has 0 bridgehead atoms. The van der Waals surface area contributed by atoms with E-state index in [1.165, 1.54) is 11.3 Å². The van der Waals surface area contributed by atoms with Crippen LogP contribution in [0.15, 0.2) is 47.4 Å². The van der Waals surface area contributed by atoms with Crippen molar-refractivity contribution in [3.05, 3.63) is 58.5 Å². The van der Waals surface area contributed by atoms with Crippen LogP contribution in [0.25, 0.3) is 10.2 Å². The van der Waals surface area contributed by atoms with Crippen molar-refractivity contribution in [2.45, 2.75) is 6.42 Å². The lowest BCUT2D eigenvalue weighted by atomic mass is 10.1. The van der Waals surface area contributed by atoms with Gasteiger partial charge < -0.3 is 14.8 Å². The summed E-state index contributed by atoms with van der Waals surface area (Å²) in [7, 11) is 1.79. The molecule has 2 heterocycles. The van der Waals surface area contributed by atoms with E-state index in [-0.39, 0.29) is 12.0 Å². The van der Waals surface area contributed by atoms with Crippen molar-refractivity contribution in [3.63, 3.8) is 0 Å². The number of hydrogen-bond acceptors (Lipinski definition) is 7. The monoisotopic (exact) mass is 326 g/mol. The zero-order chi connectivity index (χ0) is 16.4. The number of aliphatic carboxylic acids is 1. The number of carboxylic acid groups (broad SMARTS) is 1. The number of nitrogens with zero attached hydrogens (tertiary/aromatic N) is 3. The van der Waals surface area contributed by atoms with E-state index in [1.54, 1.807) is 54.5 Å². The Morgan fingerprint density at radius 2 is 2.00 bits per heavy atom. The van der Waals surface area contributed by atoms with Gasteiger partial charge >= 0.3 is 0 Å². The van der Waals surface area contributed by atoms with Gasteiger partial charge in [-0.2, -0.15) is 4.98 Å². The minimum atomic E-state index is -1.12. The van der Waals surface area contributed by atoms with Crippen molar-refractivity contribution in [1.29, 1.82) is 0 Å². The number of carbonyl (C=O) groups excluding carboxylic acids is 1. The standard InChI is InChI=1S/C16H13N3O3S/c1-19(11-6-4-10(5-7-11)9-13(20)21)16-18-14(22)12-3-2-8-17-15(12)23-16/h2-8H,9H2,1H3,(H,20,21)/p-1. The van der Waals surface area contributed by atoms with Gasteiger partial charge in [-0.25, -0.2) is 4.98 Å². The first-order valence-corrected chi connectivity index (χ1v) is 7.64. The zero-order valence-corrected chi connectivity index (χ0v) is 13.0. The van der Waals surface area contributed by atoms with Gasteiger partial charge in [0, 0.05) is 31.3 Å². The maximum Gasteiger partial charge on any atom is 0.282 e. The number of anilines is 2. The van der Waals surface area contributed by atoms with Gasteiger partial charge in [0.25, 0.3) is 5.56 Å². The van der Waals surface area contributed by atoms with Gasteiger partial charge in [-0.3, -0.25) is 4.79 Å². The number of pyridine rings is 1. The molecule has 0 amide bonds. The van der Waals surface area contributed by atoms with Crippen LogP contribution < -0.4 is 15.6 Å². The first-order chi connectivity index (χ1) is 11.0. The summed E-state index contributed by atoms with van der Waals surface area (Å²) < 4.78 is 0. The maximum atomic E-state index is 12.1. The third-order valence-electron chi connectivity index (χ3n) is 3.35. The number of aromatic nitrogens is 2. The largest absolute Gasteiger partial charge is 0.550 e. The van der Waals surface area contributed by atoms with Crippen LogP contribution in [0.2, 0.25) is 0 Å². The van der Waals surface area contributed by atoms with Crippen LogP contribution in [-0.2, 0) is 11.2 Å². The quantitative estimate of drug-likeness (QED) is 0.714. The molecule has 116 valence electrons. The molecule has 2 aromatic heterocycles. The lowest BCUT2D eigenvalue weighted by Gasteiger charge is -2.17. The second kappa shape index (κ2) is 6.13. The Hall–Kier alpha value is -2.80. The summed E-state index contributed by atoms with van der Waals surface area (Å²) in [5.74, 6) is -1.12. The fraction of sp³-hybridized carbons (Fsp3) is 0.125. The number of hydrogen-bond donors (Lipinski definition) is 0. The third-order valence-corrected chi connectivity index (χ3v) is 4.41. The predicted molar refractivity (Wildman–Crippen MR) is 86.9 cm³/mol. The van der Waals surface area contributed by atoms with Crippen LogP contribution >= 0.6 is 11.3 Å². The Kier molecular flexibility index (Phi) is 4.03. The van der Waals surface area contributed by atoms with Crippen LogP contribution in [0, 0.1) is 0 Å². The summed E-state index contributed by atoms with van der Waals surface area (Å²) in [6, 6.07) is 10.4. The number of fused-ring (bicyclic) bond motifs is 1. The Balaban J connectivity index is 1.95. The molecule has 1 aromatic carbocycles. The number of carbonyl (C=O) groups is 1. The van der Waals surface area contributed by atoms with Crippen molar-refractivity contribution in [1.82, 2.24) is 9.97 Å². The normalized spacial score (nSPS) is 10.7. The van der Waals surface area contributed by atoms with Gasteiger partial charge in [-0.15, -0.1) is 0 Å². The molecule has 0 spiro atoms. The minimum absolute atomic E-state index is 0.129. The summed E-state index contributed by atoms with van der Waals surface area (Å²) in [5, 5.41) is 11.6. The second-order valence-corrected chi connectivity index (χ2v) is 5.89. The topological polar surface area (TPSA) is 86.2 Å². The van der Waals surface area contributed by atoms with Crippen molar-refractivity contribution >= 4 is 38.3 Å². The highest BCUT2D eigenvalue weighted by Gasteiger charge is 2.11. The SMILES string of the molecule is CN(c1ccc(CC(=O)[O-])cc1)c1nc(=O)c2cccnc2s1. The summed E-state index contributed by atoms with van der Waals surface area (Å²) in [5.41, 5.74) is 1.14. The first kappa shape index (κ1) is 15.1. The van der Waals surface area contributed by atoms with Gasteiger partial charge in [0.05, 0.1) is 5.39 Å². The highest BCUT2D eigenvalue weighted by atomic mass is 32.1. The average Bonchev–Trinajstić information content (AvgIpc) is 2.54. The van der Waals surface area contributed by atoms with Gasteiger partial charge in [0.2, 0.25) is 0 Å². The van der Waals surface area contributed by atoms with Gasteiger partial charge in [-0.05, 0) is 29.8 Å². The lowest BCUT2D eigenvalue weighted by molar-refractivity contribution is -0.304. The third kappa shape index (κ3) is 3.19. The molecule has 0 saturated carbocycles. The fourth-order valence-electron chi connectivity index (χ4n) is 2.15. The number of benzene rings is 1. The van der Waals surface area contributed by atoms with E-state index in [0.717, 1.165) is 5.69 Å². The summed E-state index contributed by atoms with van der Waals surface area (Å²) in [4.78, 5) is 33.4.